The largest absolute Gasteiger partial charge is 0.465 e. The number of ether oxygens (including phenoxy) is 2. The minimum absolute atomic E-state index is 0.187. The summed E-state index contributed by atoms with van der Waals surface area (Å²) >= 11 is 12.0. The highest BCUT2D eigenvalue weighted by molar-refractivity contribution is 6.35. The standard InChI is InChI=1S/C29H46Cl2O4/c1-4-7-8-9-10-11-12-13-14-15-16-17-18-19-22-34-27(32)29(5-2,6-3)28(33)35-26-21-20-24(30)23-25(26)31/h20-21,23H,4-19,22H2,1-3H3. The van der Waals surface area contributed by atoms with Gasteiger partial charge < -0.3 is 9.47 Å². The summed E-state index contributed by atoms with van der Waals surface area (Å²) in [5.74, 6) is -0.975. The van der Waals surface area contributed by atoms with Crippen molar-refractivity contribution in [3.05, 3.63) is 28.2 Å². The second-order valence-electron chi connectivity index (χ2n) is 9.49. The molecule has 0 heterocycles. The van der Waals surface area contributed by atoms with Gasteiger partial charge in [-0.25, -0.2) is 0 Å². The van der Waals surface area contributed by atoms with Crippen LogP contribution < -0.4 is 4.74 Å². The molecule has 0 aliphatic rings. The molecule has 0 fully saturated rings. The summed E-state index contributed by atoms with van der Waals surface area (Å²) in [6.07, 6.45) is 18.4. The zero-order valence-electron chi connectivity index (χ0n) is 22.1. The van der Waals surface area contributed by atoms with Crippen molar-refractivity contribution >= 4 is 35.1 Å². The quantitative estimate of drug-likeness (QED) is 0.0730. The lowest BCUT2D eigenvalue weighted by molar-refractivity contribution is -0.168. The molecule has 0 bridgehead atoms. The van der Waals surface area contributed by atoms with Crippen LogP contribution in [-0.2, 0) is 14.3 Å². The van der Waals surface area contributed by atoms with Crippen molar-refractivity contribution in [1.29, 1.82) is 0 Å². The first kappa shape index (κ1) is 31.8. The summed E-state index contributed by atoms with van der Waals surface area (Å²) in [5, 5.41) is 0.669. The van der Waals surface area contributed by atoms with Crippen LogP contribution in [0.25, 0.3) is 0 Å². The molecule has 0 aliphatic carbocycles. The normalized spacial score (nSPS) is 11.5. The Hall–Kier alpha value is -1.26. The molecule has 0 atom stereocenters. The molecule has 1 aromatic rings. The predicted octanol–water partition coefficient (Wildman–Crippen LogP) is 9.73. The average molecular weight is 530 g/mol. The molecule has 0 amide bonds. The highest BCUT2D eigenvalue weighted by atomic mass is 35.5. The maximum Gasteiger partial charge on any atom is 0.328 e. The summed E-state index contributed by atoms with van der Waals surface area (Å²) in [7, 11) is 0. The van der Waals surface area contributed by atoms with Crippen molar-refractivity contribution in [1.82, 2.24) is 0 Å². The molecular weight excluding hydrogens is 483 g/mol. The maximum absolute atomic E-state index is 12.9. The third-order valence-corrected chi connectivity index (χ3v) is 7.35. The van der Waals surface area contributed by atoms with Crippen LogP contribution in [0.4, 0.5) is 0 Å². The Morgan fingerprint density at radius 2 is 1.20 bits per heavy atom. The fourth-order valence-electron chi connectivity index (χ4n) is 4.27. The van der Waals surface area contributed by atoms with E-state index in [2.05, 4.69) is 6.92 Å². The van der Waals surface area contributed by atoms with E-state index < -0.39 is 17.4 Å². The number of esters is 2. The van der Waals surface area contributed by atoms with E-state index in [4.69, 9.17) is 32.7 Å². The number of benzene rings is 1. The molecule has 0 N–H and O–H groups in total. The van der Waals surface area contributed by atoms with Gasteiger partial charge >= 0.3 is 11.9 Å². The van der Waals surface area contributed by atoms with E-state index in [0.717, 1.165) is 19.3 Å². The first-order chi connectivity index (χ1) is 16.9. The molecule has 1 aromatic carbocycles. The second kappa shape index (κ2) is 18.9. The van der Waals surface area contributed by atoms with Crippen LogP contribution in [0.2, 0.25) is 10.0 Å². The van der Waals surface area contributed by atoms with Gasteiger partial charge in [-0.05, 0) is 37.5 Å². The summed E-state index contributed by atoms with van der Waals surface area (Å²) in [5.41, 5.74) is -1.33. The number of carbonyl (C=O) groups is 2. The third kappa shape index (κ3) is 12.0. The zero-order chi connectivity index (χ0) is 25.9. The van der Waals surface area contributed by atoms with E-state index in [9.17, 15) is 9.59 Å². The topological polar surface area (TPSA) is 52.6 Å². The molecule has 0 saturated carbocycles. The molecule has 1 rings (SSSR count). The Bertz CT molecular complexity index is 731. The van der Waals surface area contributed by atoms with Gasteiger partial charge in [0.15, 0.2) is 5.41 Å². The van der Waals surface area contributed by atoms with E-state index in [1.54, 1.807) is 19.9 Å². The van der Waals surface area contributed by atoms with Crippen LogP contribution in [0, 0.1) is 5.41 Å². The van der Waals surface area contributed by atoms with Crippen LogP contribution >= 0.6 is 23.2 Å². The third-order valence-electron chi connectivity index (χ3n) is 6.82. The lowest BCUT2D eigenvalue weighted by atomic mass is 9.82. The summed E-state index contributed by atoms with van der Waals surface area (Å²) in [6, 6.07) is 4.61. The molecule has 0 unspecified atom stereocenters. The van der Waals surface area contributed by atoms with Gasteiger partial charge in [-0.3, -0.25) is 9.59 Å². The Morgan fingerprint density at radius 3 is 1.66 bits per heavy atom. The highest BCUT2D eigenvalue weighted by Gasteiger charge is 2.46. The van der Waals surface area contributed by atoms with Crippen molar-refractivity contribution in [3.8, 4) is 5.75 Å². The first-order valence-electron chi connectivity index (χ1n) is 13.8. The van der Waals surface area contributed by atoms with Crippen molar-refractivity contribution in [2.24, 2.45) is 5.41 Å². The molecule has 0 spiro atoms. The minimum atomic E-state index is -1.33. The van der Waals surface area contributed by atoms with Gasteiger partial charge in [-0.2, -0.15) is 0 Å². The summed E-state index contributed by atoms with van der Waals surface area (Å²) in [4.78, 5) is 25.8. The van der Waals surface area contributed by atoms with E-state index in [1.165, 1.54) is 82.8 Å². The summed E-state index contributed by atoms with van der Waals surface area (Å²) in [6.45, 7) is 6.17. The number of carbonyl (C=O) groups excluding carboxylic acids is 2. The van der Waals surface area contributed by atoms with Crippen LogP contribution in [0.15, 0.2) is 18.2 Å². The molecule has 0 aromatic heterocycles. The Kier molecular flexibility index (Phi) is 17.2. The van der Waals surface area contributed by atoms with Gasteiger partial charge in [0.25, 0.3) is 0 Å². The fraction of sp³-hybridized carbons (Fsp3) is 0.724. The lowest BCUT2D eigenvalue weighted by Gasteiger charge is -2.27. The van der Waals surface area contributed by atoms with Gasteiger partial charge in [0.1, 0.15) is 5.75 Å². The molecular formula is C29H46Cl2O4. The monoisotopic (exact) mass is 528 g/mol. The lowest BCUT2D eigenvalue weighted by Crippen LogP contribution is -2.42. The van der Waals surface area contributed by atoms with Gasteiger partial charge in [0, 0.05) is 5.02 Å². The highest BCUT2D eigenvalue weighted by Crippen LogP contribution is 2.34. The van der Waals surface area contributed by atoms with Crippen LogP contribution in [0.5, 0.6) is 5.75 Å². The van der Waals surface area contributed by atoms with Crippen molar-refractivity contribution < 1.29 is 19.1 Å². The smallest absolute Gasteiger partial charge is 0.328 e. The minimum Gasteiger partial charge on any atom is -0.465 e. The van der Waals surface area contributed by atoms with Crippen LogP contribution in [0.3, 0.4) is 0 Å². The molecule has 0 saturated heterocycles. The zero-order valence-corrected chi connectivity index (χ0v) is 23.7. The number of hydrogen-bond donors (Lipinski definition) is 0. The molecule has 200 valence electrons. The van der Waals surface area contributed by atoms with Gasteiger partial charge in [0.05, 0.1) is 11.6 Å². The van der Waals surface area contributed by atoms with E-state index in [1.807, 2.05) is 0 Å². The van der Waals surface area contributed by atoms with E-state index in [0.29, 0.717) is 24.5 Å². The number of rotatable bonds is 20. The van der Waals surface area contributed by atoms with Gasteiger partial charge in [0.2, 0.25) is 0 Å². The van der Waals surface area contributed by atoms with Crippen LogP contribution in [0.1, 0.15) is 124 Å². The SMILES string of the molecule is CCCCCCCCCCCCCCCCOC(=O)C(CC)(CC)C(=O)Oc1ccc(Cl)cc1Cl. The molecule has 0 radical (unpaired) electrons. The number of hydrogen-bond acceptors (Lipinski definition) is 4. The molecule has 35 heavy (non-hydrogen) atoms. The Labute approximate surface area is 223 Å². The number of unbranched alkanes of at least 4 members (excludes halogenated alkanes) is 13. The second-order valence-corrected chi connectivity index (χ2v) is 10.3. The Morgan fingerprint density at radius 1 is 0.714 bits per heavy atom. The number of halogens is 2. The fourth-order valence-corrected chi connectivity index (χ4v) is 4.71. The Balaban J connectivity index is 2.23. The van der Waals surface area contributed by atoms with Crippen LogP contribution in [-0.4, -0.2) is 18.5 Å². The van der Waals surface area contributed by atoms with Crippen molar-refractivity contribution in [3.63, 3.8) is 0 Å². The van der Waals surface area contributed by atoms with E-state index >= 15 is 0 Å². The first-order valence-corrected chi connectivity index (χ1v) is 14.5. The predicted molar refractivity (Wildman–Crippen MR) is 146 cm³/mol. The van der Waals surface area contributed by atoms with Crippen molar-refractivity contribution in [2.45, 2.75) is 124 Å². The van der Waals surface area contributed by atoms with E-state index in [-0.39, 0.29) is 10.8 Å². The molecule has 6 heteroatoms. The molecule has 4 nitrogen and oxygen atoms in total. The van der Waals surface area contributed by atoms with Gasteiger partial charge in [-0.15, -0.1) is 0 Å². The van der Waals surface area contributed by atoms with Crippen molar-refractivity contribution in [2.75, 3.05) is 6.61 Å². The summed E-state index contributed by atoms with van der Waals surface area (Å²) < 4.78 is 11.0. The van der Waals surface area contributed by atoms with Gasteiger partial charge in [-0.1, -0.05) is 127 Å². The maximum atomic E-state index is 12.9. The average Bonchev–Trinajstić information content (AvgIpc) is 2.84. The molecule has 0 aliphatic heterocycles.